The van der Waals surface area contributed by atoms with Crippen LogP contribution in [0.25, 0.3) is 0 Å². The SMILES string of the molecule is CC/C=C\C/C=C\C/C=C\C/C=C\C/C=C\C/C=C\CCCCCCCCCCCCCCCCCCCCC(=O)OC(COC(=O)CCCCCCCCCC/C=C\C/C=C\C/C=C\CCCCCCC)COP(=O)(O)OCCN. The van der Waals surface area contributed by atoms with Crippen molar-refractivity contribution in [3.05, 3.63) is 109 Å². The zero-order valence-electron chi connectivity index (χ0n) is 52.2. The number of carbonyl (C=O) groups excluding carboxylic acids is 2. The molecule has 81 heavy (non-hydrogen) atoms. The molecular weight excluding hydrogens is 1030 g/mol. The molecule has 0 aliphatic rings. The predicted molar refractivity (Wildman–Crippen MR) is 348 cm³/mol. The van der Waals surface area contributed by atoms with Gasteiger partial charge in [0, 0.05) is 19.4 Å². The molecule has 0 aliphatic carbocycles. The van der Waals surface area contributed by atoms with Gasteiger partial charge in [0.25, 0.3) is 0 Å². The number of phosphoric ester groups is 1. The van der Waals surface area contributed by atoms with Crippen molar-refractivity contribution in [2.24, 2.45) is 5.73 Å². The number of hydrogen-bond acceptors (Lipinski definition) is 8. The quantitative estimate of drug-likeness (QED) is 0.0264. The Morgan fingerprint density at radius 2 is 0.679 bits per heavy atom. The average molecular weight is 1150 g/mol. The Bertz CT molecular complexity index is 1690. The maximum Gasteiger partial charge on any atom is 0.472 e. The minimum absolute atomic E-state index is 0.0493. The van der Waals surface area contributed by atoms with Crippen LogP contribution in [0, 0.1) is 0 Å². The number of nitrogens with two attached hydrogens (primary N) is 1. The number of phosphoric acid groups is 1. The van der Waals surface area contributed by atoms with Crippen LogP contribution >= 0.6 is 7.82 Å². The summed E-state index contributed by atoms with van der Waals surface area (Å²) >= 11 is 0. The maximum absolute atomic E-state index is 12.8. The second kappa shape index (κ2) is 65.8. The molecule has 10 heteroatoms. The van der Waals surface area contributed by atoms with E-state index in [1.54, 1.807) is 0 Å². The Kier molecular flexibility index (Phi) is 63.1. The first-order valence-corrected chi connectivity index (χ1v) is 34.9. The third-order valence-electron chi connectivity index (χ3n) is 14.1. The lowest BCUT2D eigenvalue weighted by molar-refractivity contribution is -0.161. The number of unbranched alkanes of at least 4 members (excludes halogenated alkanes) is 31. The molecule has 0 spiro atoms. The van der Waals surface area contributed by atoms with Gasteiger partial charge in [-0.1, -0.05) is 290 Å². The average Bonchev–Trinajstić information content (AvgIpc) is 3.46. The molecule has 466 valence electrons. The van der Waals surface area contributed by atoms with Gasteiger partial charge in [-0.05, 0) is 103 Å². The van der Waals surface area contributed by atoms with Gasteiger partial charge in [0.15, 0.2) is 6.10 Å². The topological polar surface area (TPSA) is 134 Å². The summed E-state index contributed by atoms with van der Waals surface area (Å²) in [5, 5.41) is 0. The summed E-state index contributed by atoms with van der Waals surface area (Å²) in [5.74, 6) is -0.830. The molecule has 0 aromatic carbocycles. The van der Waals surface area contributed by atoms with Crippen molar-refractivity contribution in [3.8, 4) is 0 Å². The van der Waals surface area contributed by atoms with E-state index in [1.807, 2.05) is 0 Å². The molecule has 2 atom stereocenters. The summed E-state index contributed by atoms with van der Waals surface area (Å²) in [4.78, 5) is 35.3. The molecule has 3 N–H and O–H groups in total. The lowest BCUT2D eigenvalue weighted by Crippen LogP contribution is -2.29. The summed E-state index contributed by atoms with van der Waals surface area (Å²) in [5.41, 5.74) is 5.40. The van der Waals surface area contributed by atoms with E-state index in [9.17, 15) is 19.0 Å². The smallest absolute Gasteiger partial charge is 0.462 e. The summed E-state index contributed by atoms with van der Waals surface area (Å²) in [6, 6.07) is 0. The highest BCUT2D eigenvalue weighted by Gasteiger charge is 2.26. The van der Waals surface area contributed by atoms with Crippen LogP contribution in [0.15, 0.2) is 109 Å². The Hall–Kier alpha value is -3.33. The zero-order valence-corrected chi connectivity index (χ0v) is 53.1. The van der Waals surface area contributed by atoms with E-state index in [4.69, 9.17) is 24.3 Å². The summed E-state index contributed by atoms with van der Waals surface area (Å²) in [6.07, 6.45) is 90.2. The van der Waals surface area contributed by atoms with Gasteiger partial charge >= 0.3 is 19.8 Å². The van der Waals surface area contributed by atoms with Gasteiger partial charge in [0.2, 0.25) is 0 Å². The van der Waals surface area contributed by atoms with E-state index in [2.05, 4.69) is 123 Å². The van der Waals surface area contributed by atoms with Gasteiger partial charge in [-0.25, -0.2) is 4.57 Å². The first kappa shape index (κ1) is 77.7. The van der Waals surface area contributed by atoms with E-state index in [0.717, 1.165) is 103 Å². The fraction of sp³-hybridized carbons (Fsp3) is 0.718. The number of hydrogen-bond donors (Lipinski definition) is 2. The number of allylic oxidation sites excluding steroid dienone is 18. The molecule has 0 radical (unpaired) electrons. The zero-order chi connectivity index (χ0) is 58.7. The van der Waals surface area contributed by atoms with Crippen LogP contribution in [0.4, 0.5) is 0 Å². The molecule has 0 aromatic rings. The lowest BCUT2D eigenvalue weighted by atomic mass is 10.0. The number of esters is 2. The standard InChI is InChI=1S/C71H124NO8P/c1-3-5-7-9-11-13-15-17-19-21-23-25-27-28-29-30-31-32-33-34-35-36-37-38-39-40-42-44-46-48-50-52-54-56-58-60-62-64-71(74)80-69(68-79-81(75,76)78-66-65-72)67-77-70(73)63-61-59-57-55-53-51-49-47-45-43-41-26-24-22-20-18-16-14-12-10-8-6-4-2/h5,7,11,13,16-19,22-25,28-29,31-32,41,43,69H,3-4,6,8-10,12,14-15,20-21,26-27,30,33-40,42,44-68,72H2,1-2H3,(H,75,76)/b7-5-,13-11-,18-16-,19-17-,24-22-,25-23-,29-28-,32-31-,43-41-. The predicted octanol–water partition coefficient (Wildman–Crippen LogP) is 21.7. The molecule has 9 nitrogen and oxygen atoms in total. The molecule has 0 fully saturated rings. The van der Waals surface area contributed by atoms with E-state index in [1.165, 1.54) is 161 Å². The summed E-state index contributed by atoms with van der Waals surface area (Å²) in [7, 11) is -4.40. The van der Waals surface area contributed by atoms with Crippen LogP contribution < -0.4 is 5.73 Å². The molecule has 0 amide bonds. The third kappa shape index (κ3) is 65.7. The van der Waals surface area contributed by atoms with Crippen molar-refractivity contribution in [2.75, 3.05) is 26.4 Å². The van der Waals surface area contributed by atoms with Crippen molar-refractivity contribution >= 4 is 19.8 Å². The third-order valence-corrected chi connectivity index (χ3v) is 15.1. The van der Waals surface area contributed by atoms with Crippen LogP contribution in [0.5, 0.6) is 0 Å². The van der Waals surface area contributed by atoms with E-state index in [0.29, 0.717) is 6.42 Å². The molecule has 0 heterocycles. The van der Waals surface area contributed by atoms with Crippen molar-refractivity contribution in [2.45, 2.75) is 302 Å². The molecule has 0 saturated carbocycles. The minimum atomic E-state index is -4.40. The monoisotopic (exact) mass is 1150 g/mol. The highest BCUT2D eigenvalue weighted by atomic mass is 31.2. The van der Waals surface area contributed by atoms with Crippen LogP contribution in [-0.4, -0.2) is 49.3 Å². The fourth-order valence-electron chi connectivity index (χ4n) is 9.24. The molecule has 0 saturated heterocycles. The Balaban J connectivity index is 3.89. The number of carbonyl (C=O) groups is 2. The van der Waals surface area contributed by atoms with Crippen LogP contribution in [0.2, 0.25) is 0 Å². The molecule has 2 unspecified atom stereocenters. The second-order valence-corrected chi connectivity index (χ2v) is 23.4. The Morgan fingerprint density at radius 3 is 1.01 bits per heavy atom. The first-order chi connectivity index (χ1) is 39.8. The normalized spacial score (nSPS) is 13.7. The Labute approximate surface area is 499 Å². The van der Waals surface area contributed by atoms with Gasteiger partial charge in [0.05, 0.1) is 13.2 Å². The molecule has 0 aromatic heterocycles. The second-order valence-electron chi connectivity index (χ2n) is 22.0. The Morgan fingerprint density at radius 1 is 0.383 bits per heavy atom. The lowest BCUT2D eigenvalue weighted by Gasteiger charge is -2.19. The molecule has 0 rings (SSSR count). The fourth-order valence-corrected chi connectivity index (χ4v) is 10.0. The summed E-state index contributed by atoms with van der Waals surface area (Å²) in [6.45, 7) is 3.63. The number of rotatable bonds is 62. The van der Waals surface area contributed by atoms with Gasteiger partial charge in [0.1, 0.15) is 6.61 Å². The van der Waals surface area contributed by atoms with Crippen molar-refractivity contribution in [3.63, 3.8) is 0 Å². The van der Waals surface area contributed by atoms with Crippen molar-refractivity contribution in [1.82, 2.24) is 0 Å². The molecule has 0 bridgehead atoms. The van der Waals surface area contributed by atoms with Crippen LogP contribution in [0.3, 0.4) is 0 Å². The highest BCUT2D eigenvalue weighted by Crippen LogP contribution is 2.43. The van der Waals surface area contributed by atoms with Crippen LogP contribution in [-0.2, 0) is 32.7 Å². The van der Waals surface area contributed by atoms with Gasteiger partial charge in [-0.2, -0.15) is 0 Å². The molecule has 0 aliphatic heterocycles. The highest BCUT2D eigenvalue weighted by molar-refractivity contribution is 7.47. The van der Waals surface area contributed by atoms with E-state index in [-0.39, 0.29) is 38.6 Å². The van der Waals surface area contributed by atoms with Crippen molar-refractivity contribution < 1.29 is 37.6 Å². The van der Waals surface area contributed by atoms with Crippen molar-refractivity contribution in [1.29, 1.82) is 0 Å². The minimum Gasteiger partial charge on any atom is -0.462 e. The van der Waals surface area contributed by atoms with Gasteiger partial charge < -0.3 is 20.1 Å². The first-order valence-electron chi connectivity index (χ1n) is 33.4. The van der Waals surface area contributed by atoms with E-state index < -0.39 is 26.5 Å². The van der Waals surface area contributed by atoms with Gasteiger partial charge in [-0.3, -0.25) is 18.6 Å². The molecular formula is C71H124NO8P. The van der Waals surface area contributed by atoms with Crippen LogP contribution in [0.1, 0.15) is 296 Å². The van der Waals surface area contributed by atoms with E-state index >= 15 is 0 Å². The van der Waals surface area contributed by atoms with Gasteiger partial charge in [-0.15, -0.1) is 0 Å². The largest absolute Gasteiger partial charge is 0.472 e. The maximum atomic E-state index is 12.8. The summed E-state index contributed by atoms with van der Waals surface area (Å²) < 4.78 is 33.1. The number of ether oxygens (including phenoxy) is 2.